The monoisotopic (exact) mass is 282 g/mol. The second kappa shape index (κ2) is 7.40. The van der Waals surface area contributed by atoms with Crippen LogP contribution in [0.1, 0.15) is 32.6 Å². The van der Waals surface area contributed by atoms with Crippen molar-refractivity contribution in [3.05, 3.63) is 31.5 Å². The van der Waals surface area contributed by atoms with Crippen molar-refractivity contribution in [2.24, 2.45) is 12.0 Å². The number of carbonyl (C=O) groups excluding carboxylic acids is 1. The van der Waals surface area contributed by atoms with Gasteiger partial charge in [0.15, 0.2) is 0 Å². The number of hydrogen-bond acceptors (Lipinski definition) is 5. The van der Waals surface area contributed by atoms with Crippen molar-refractivity contribution in [2.45, 2.75) is 45.8 Å². The maximum atomic E-state index is 12.1. The van der Waals surface area contributed by atoms with Crippen LogP contribution in [0.5, 0.6) is 0 Å². The van der Waals surface area contributed by atoms with Crippen LogP contribution in [0.25, 0.3) is 0 Å². The van der Waals surface area contributed by atoms with Gasteiger partial charge in [-0.05, 0) is 6.42 Å². The van der Waals surface area contributed by atoms with Crippen LogP contribution in [-0.2, 0) is 25.1 Å². The zero-order valence-corrected chi connectivity index (χ0v) is 11.7. The average Bonchev–Trinajstić information content (AvgIpc) is 2.44. The Labute approximate surface area is 115 Å². The normalized spacial score (nSPS) is 10.3. The summed E-state index contributed by atoms with van der Waals surface area (Å²) in [5, 5.41) is 0. The first-order chi connectivity index (χ1) is 9.54. The summed E-state index contributed by atoms with van der Waals surface area (Å²) in [6.45, 7) is 1.88. The molecule has 20 heavy (non-hydrogen) atoms. The lowest BCUT2D eigenvalue weighted by molar-refractivity contribution is 0.456. The van der Waals surface area contributed by atoms with Gasteiger partial charge in [-0.2, -0.15) is 4.99 Å². The molecule has 0 saturated carbocycles. The van der Waals surface area contributed by atoms with Crippen LogP contribution >= 0.6 is 0 Å². The van der Waals surface area contributed by atoms with E-state index in [9.17, 15) is 19.2 Å². The molecule has 0 aliphatic carbocycles. The first-order valence-electron chi connectivity index (χ1n) is 6.48. The van der Waals surface area contributed by atoms with E-state index in [0.717, 1.165) is 33.0 Å². The number of isocyanates is 1. The molecule has 110 valence electrons. The lowest BCUT2D eigenvalue weighted by Crippen LogP contribution is -2.53. The summed E-state index contributed by atoms with van der Waals surface area (Å²) < 4.78 is 2.57. The van der Waals surface area contributed by atoms with Crippen LogP contribution in [0.4, 0.5) is 0 Å². The molecule has 0 amide bonds. The quantitative estimate of drug-likeness (QED) is 0.385. The molecule has 1 heterocycles. The van der Waals surface area contributed by atoms with Gasteiger partial charge in [0.1, 0.15) is 6.67 Å². The highest BCUT2D eigenvalue weighted by Crippen LogP contribution is 1.98. The number of aliphatic imine (C=N–C) groups is 1. The summed E-state index contributed by atoms with van der Waals surface area (Å²) in [5.74, 6) is 0. The molecule has 0 atom stereocenters. The van der Waals surface area contributed by atoms with Crippen molar-refractivity contribution in [3.8, 4) is 0 Å². The van der Waals surface area contributed by atoms with E-state index in [1.807, 2.05) is 0 Å². The van der Waals surface area contributed by atoms with Crippen LogP contribution in [0.2, 0.25) is 0 Å². The largest absolute Gasteiger partial charge is 0.337 e. The maximum Gasteiger partial charge on any atom is 0.337 e. The molecule has 0 bridgehead atoms. The predicted molar refractivity (Wildman–Crippen MR) is 72.5 cm³/mol. The standard InChI is InChI=1S/C12H18N4O4/c1-3-4-5-6-7-15-10(18)14(2)11(19)16(12(15)20)8-13-9-17/h3-8H2,1-2H3. The minimum Gasteiger partial charge on any atom is -0.248 e. The van der Waals surface area contributed by atoms with Gasteiger partial charge in [0.05, 0.1) is 0 Å². The smallest absolute Gasteiger partial charge is 0.248 e. The van der Waals surface area contributed by atoms with Crippen molar-refractivity contribution >= 4 is 6.08 Å². The Morgan fingerprint density at radius 2 is 1.65 bits per heavy atom. The average molecular weight is 282 g/mol. The van der Waals surface area contributed by atoms with Crippen molar-refractivity contribution < 1.29 is 4.79 Å². The van der Waals surface area contributed by atoms with E-state index in [1.54, 1.807) is 0 Å². The van der Waals surface area contributed by atoms with E-state index in [0.29, 0.717) is 6.42 Å². The van der Waals surface area contributed by atoms with Gasteiger partial charge in [-0.15, -0.1) is 0 Å². The third-order valence-corrected chi connectivity index (χ3v) is 3.01. The van der Waals surface area contributed by atoms with E-state index in [1.165, 1.54) is 13.1 Å². The molecule has 8 nitrogen and oxygen atoms in total. The lowest BCUT2D eigenvalue weighted by Gasteiger charge is -2.09. The zero-order valence-electron chi connectivity index (χ0n) is 11.7. The fourth-order valence-electron chi connectivity index (χ4n) is 1.86. The summed E-state index contributed by atoms with van der Waals surface area (Å²) >= 11 is 0. The molecule has 0 saturated heterocycles. The highest BCUT2D eigenvalue weighted by atomic mass is 16.2. The summed E-state index contributed by atoms with van der Waals surface area (Å²) in [6, 6.07) is 0. The number of unbranched alkanes of at least 4 members (excludes halogenated alkanes) is 3. The fourth-order valence-corrected chi connectivity index (χ4v) is 1.86. The third-order valence-electron chi connectivity index (χ3n) is 3.01. The maximum absolute atomic E-state index is 12.1. The number of hydrogen-bond donors (Lipinski definition) is 0. The van der Waals surface area contributed by atoms with E-state index in [-0.39, 0.29) is 6.54 Å². The molecule has 0 spiro atoms. The molecular weight excluding hydrogens is 264 g/mol. The molecule has 0 aromatic carbocycles. The van der Waals surface area contributed by atoms with Gasteiger partial charge in [-0.3, -0.25) is 0 Å². The Bertz CT molecular complexity index is 676. The highest BCUT2D eigenvalue weighted by Gasteiger charge is 2.12. The van der Waals surface area contributed by atoms with Crippen LogP contribution in [-0.4, -0.2) is 19.8 Å². The summed E-state index contributed by atoms with van der Waals surface area (Å²) in [4.78, 5) is 49.0. The van der Waals surface area contributed by atoms with E-state index >= 15 is 0 Å². The number of aromatic nitrogens is 3. The predicted octanol–water partition coefficient (Wildman–Crippen LogP) is -0.418. The molecule has 8 heteroatoms. The summed E-state index contributed by atoms with van der Waals surface area (Å²) in [5.41, 5.74) is -2.18. The first-order valence-corrected chi connectivity index (χ1v) is 6.48. The molecule has 1 aromatic rings. The Morgan fingerprint density at radius 3 is 2.25 bits per heavy atom. The zero-order chi connectivity index (χ0) is 15.1. The Kier molecular flexibility index (Phi) is 5.86. The molecule has 0 radical (unpaired) electrons. The van der Waals surface area contributed by atoms with Crippen LogP contribution in [0.15, 0.2) is 19.4 Å². The topological polar surface area (TPSA) is 95.4 Å². The molecule has 0 aliphatic heterocycles. The van der Waals surface area contributed by atoms with Crippen molar-refractivity contribution in [2.75, 3.05) is 0 Å². The van der Waals surface area contributed by atoms with E-state index < -0.39 is 23.7 Å². The molecule has 0 N–H and O–H groups in total. The molecular formula is C12H18N4O4. The van der Waals surface area contributed by atoms with Gasteiger partial charge in [0.25, 0.3) is 0 Å². The molecule has 0 fully saturated rings. The van der Waals surface area contributed by atoms with Gasteiger partial charge < -0.3 is 0 Å². The van der Waals surface area contributed by atoms with Gasteiger partial charge >= 0.3 is 17.1 Å². The minimum atomic E-state index is -0.788. The van der Waals surface area contributed by atoms with Crippen molar-refractivity contribution in [1.82, 2.24) is 13.7 Å². The lowest BCUT2D eigenvalue weighted by atomic mass is 10.2. The third kappa shape index (κ3) is 3.42. The molecule has 1 rings (SSSR count). The summed E-state index contributed by atoms with van der Waals surface area (Å²) in [6.07, 6.45) is 4.90. The van der Waals surface area contributed by atoms with Gasteiger partial charge in [-0.25, -0.2) is 32.9 Å². The Balaban J connectivity index is 3.20. The summed E-state index contributed by atoms with van der Waals surface area (Å²) in [7, 11) is 1.29. The van der Waals surface area contributed by atoms with Crippen LogP contribution in [0.3, 0.4) is 0 Å². The molecule has 1 aromatic heterocycles. The van der Waals surface area contributed by atoms with Gasteiger partial charge in [0.2, 0.25) is 6.08 Å². The van der Waals surface area contributed by atoms with Crippen molar-refractivity contribution in [1.29, 1.82) is 0 Å². The van der Waals surface area contributed by atoms with Gasteiger partial charge in [0, 0.05) is 13.6 Å². The first kappa shape index (κ1) is 15.8. The molecule has 0 aliphatic rings. The fraction of sp³-hybridized carbons (Fsp3) is 0.667. The van der Waals surface area contributed by atoms with E-state index in [4.69, 9.17) is 0 Å². The molecule has 0 unspecified atom stereocenters. The van der Waals surface area contributed by atoms with Gasteiger partial charge in [-0.1, -0.05) is 26.2 Å². The SMILES string of the molecule is CCCCCCn1c(=O)n(C)c(=O)n(CN=C=O)c1=O. The van der Waals surface area contributed by atoms with E-state index in [2.05, 4.69) is 11.9 Å². The highest BCUT2D eigenvalue weighted by molar-refractivity contribution is 5.32. The minimum absolute atomic E-state index is 0.247. The van der Waals surface area contributed by atoms with Crippen molar-refractivity contribution in [3.63, 3.8) is 0 Å². The number of rotatable bonds is 7. The Morgan fingerprint density at radius 1 is 1.00 bits per heavy atom. The van der Waals surface area contributed by atoms with Crippen LogP contribution in [0, 0.1) is 0 Å². The second-order valence-electron chi connectivity index (χ2n) is 4.44. The second-order valence-corrected chi connectivity index (χ2v) is 4.44. The Hall–Kier alpha value is -2.21. The number of nitrogens with zero attached hydrogens (tertiary/aromatic N) is 4. The van der Waals surface area contributed by atoms with Crippen LogP contribution < -0.4 is 17.1 Å².